The summed E-state index contributed by atoms with van der Waals surface area (Å²) >= 11 is 0. The fraction of sp³-hybridized carbons (Fsp3) is 0.286. The summed E-state index contributed by atoms with van der Waals surface area (Å²) in [5.41, 5.74) is 3.73. The number of imidazole rings is 1. The van der Waals surface area contributed by atoms with Crippen LogP contribution in [-0.2, 0) is 25.8 Å². The van der Waals surface area contributed by atoms with E-state index in [1.807, 2.05) is 18.3 Å². The van der Waals surface area contributed by atoms with E-state index in [9.17, 15) is 4.39 Å². The largest absolute Gasteiger partial charge is 0.332 e. The molecular weight excluding hydrogens is 299 g/mol. The van der Waals surface area contributed by atoms with Crippen LogP contribution in [0, 0.1) is 12.7 Å². The third-order valence-electron chi connectivity index (χ3n) is 4.38. The van der Waals surface area contributed by atoms with Gasteiger partial charge in [-0.05, 0) is 49.4 Å². The van der Waals surface area contributed by atoms with E-state index >= 15 is 0 Å². The fourth-order valence-electron chi connectivity index (χ4n) is 3.01. The number of halogens is 1. The minimum Gasteiger partial charge on any atom is -0.332 e. The zero-order chi connectivity index (χ0) is 16.8. The molecule has 0 saturated carbocycles. The van der Waals surface area contributed by atoms with Gasteiger partial charge < -0.3 is 4.57 Å². The zero-order valence-corrected chi connectivity index (χ0v) is 14.1. The normalized spacial score (nSPS) is 10.9. The van der Waals surface area contributed by atoms with Crippen LogP contribution in [0.2, 0.25) is 0 Å². The monoisotopic (exact) mass is 322 g/mol. The highest BCUT2D eigenvalue weighted by Crippen LogP contribution is 2.12. The molecule has 0 saturated heterocycles. The first-order valence-corrected chi connectivity index (χ1v) is 8.52. The highest BCUT2D eigenvalue weighted by atomic mass is 19.1. The van der Waals surface area contributed by atoms with Gasteiger partial charge in [-0.2, -0.15) is 0 Å². The predicted octanol–water partition coefficient (Wildman–Crippen LogP) is 4.75. The van der Waals surface area contributed by atoms with Crippen molar-refractivity contribution in [3.8, 4) is 0 Å². The van der Waals surface area contributed by atoms with Crippen molar-refractivity contribution in [2.75, 3.05) is 0 Å². The van der Waals surface area contributed by atoms with E-state index in [-0.39, 0.29) is 5.82 Å². The standard InChI is InChI=1S/C21H23FN2/c1-17-16-23-21(14-11-19-9-12-20(22)13-10-19)24(17)15-5-8-18-6-3-2-4-7-18/h2-4,6-7,9-10,12-13,16H,5,8,11,14-15H2,1H3. The molecule has 124 valence electrons. The number of hydrogen-bond donors (Lipinski definition) is 0. The molecule has 0 bridgehead atoms. The van der Waals surface area contributed by atoms with Gasteiger partial charge in [0.2, 0.25) is 0 Å². The van der Waals surface area contributed by atoms with E-state index in [4.69, 9.17) is 0 Å². The number of benzene rings is 2. The molecule has 0 N–H and O–H groups in total. The van der Waals surface area contributed by atoms with Gasteiger partial charge in [0.15, 0.2) is 0 Å². The highest BCUT2D eigenvalue weighted by molar-refractivity contribution is 5.18. The number of aryl methyl sites for hydroxylation is 4. The first-order chi connectivity index (χ1) is 11.7. The Morgan fingerprint density at radius 1 is 0.875 bits per heavy atom. The number of aromatic nitrogens is 2. The Kier molecular flexibility index (Phi) is 5.42. The van der Waals surface area contributed by atoms with Gasteiger partial charge in [-0.25, -0.2) is 9.37 Å². The van der Waals surface area contributed by atoms with Crippen molar-refractivity contribution < 1.29 is 4.39 Å². The second kappa shape index (κ2) is 7.91. The summed E-state index contributed by atoms with van der Waals surface area (Å²) in [5.74, 6) is 0.932. The van der Waals surface area contributed by atoms with Gasteiger partial charge >= 0.3 is 0 Å². The molecule has 0 spiro atoms. The smallest absolute Gasteiger partial charge is 0.123 e. The summed E-state index contributed by atoms with van der Waals surface area (Å²) in [5, 5.41) is 0. The number of hydrogen-bond acceptors (Lipinski definition) is 1. The van der Waals surface area contributed by atoms with E-state index in [1.54, 1.807) is 0 Å². The van der Waals surface area contributed by atoms with Crippen molar-refractivity contribution in [1.29, 1.82) is 0 Å². The molecule has 3 heteroatoms. The molecule has 3 rings (SSSR count). The van der Waals surface area contributed by atoms with Gasteiger partial charge in [0, 0.05) is 24.9 Å². The van der Waals surface area contributed by atoms with Gasteiger partial charge in [0.25, 0.3) is 0 Å². The van der Waals surface area contributed by atoms with E-state index < -0.39 is 0 Å². The van der Waals surface area contributed by atoms with Gasteiger partial charge in [-0.3, -0.25) is 0 Å². The lowest BCUT2D eigenvalue weighted by Crippen LogP contribution is -2.08. The van der Waals surface area contributed by atoms with Crippen LogP contribution in [0.3, 0.4) is 0 Å². The van der Waals surface area contributed by atoms with Gasteiger partial charge in [-0.1, -0.05) is 42.5 Å². The third kappa shape index (κ3) is 4.31. The molecule has 0 unspecified atom stereocenters. The summed E-state index contributed by atoms with van der Waals surface area (Å²) in [4.78, 5) is 4.56. The second-order valence-electron chi connectivity index (χ2n) is 6.18. The van der Waals surface area contributed by atoms with Crippen LogP contribution in [-0.4, -0.2) is 9.55 Å². The van der Waals surface area contributed by atoms with Crippen LogP contribution < -0.4 is 0 Å². The zero-order valence-electron chi connectivity index (χ0n) is 14.1. The molecule has 0 radical (unpaired) electrons. The quantitative estimate of drug-likeness (QED) is 0.614. The summed E-state index contributed by atoms with van der Waals surface area (Å²) in [6.07, 6.45) is 5.89. The van der Waals surface area contributed by atoms with Crippen molar-refractivity contribution in [3.63, 3.8) is 0 Å². The molecule has 0 amide bonds. The lowest BCUT2D eigenvalue weighted by atomic mass is 10.1. The molecule has 24 heavy (non-hydrogen) atoms. The Balaban J connectivity index is 1.58. The van der Waals surface area contributed by atoms with Crippen molar-refractivity contribution in [2.24, 2.45) is 0 Å². The summed E-state index contributed by atoms with van der Waals surface area (Å²) in [7, 11) is 0. The first-order valence-electron chi connectivity index (χ1n) is 8.52. The average molecular weight is 322 g/mol. The average Bonchev–Trinajstić information content (AvgIpc) is 2.96. The maximum absolute atomic E-state index is 13.0. The van der Waals surface area contributed by atoms with Gasteiger partial charge in [0.05, 0.1) is 0 Å². The van der Waals surface area contributed by atoms with Crippen LogP contribution in [0.25, 0.3) is 0 Å². The maximum atomic E-state index is 13.0. The number of nitrogens with zero attached hydrogens (tertiary/aromatic N) is 2. The molecule has 0 aliphatic heterocycles. The van der Waals surface area contributed by atoms with Gasteiger partial charge in [0.1, 0.15) is 11.6 Å². The van der Waals surface area contributed by atoms with Crippen molar-refractivity contribution in [3.05, 3.63) is 89.3 Å². The van der Waals surface area contributed by atoms with Crippen LogP contribution in [0.15, 0.2) is 60.8 Å². The lowest BCUT2D eigenvalue weighted by Gasteiger charge is -2.10. The fourth-order valence-corrected chi connectivity index (χ4v) is 3.01. The lowest BCUT2D eigenvalue weighted by molar-refractivity contribution is 0.595. The molecule has 3 aromatic rings. The highest BCUT2D eigenvalue weighted by Gasteiger charge is 2.07. The molecule has 0 aliphatic carbocycles. The minimum atomic E-state index is -0.183. The SMILES string of the molecule is Cc1cnc(CCc2ccc(F)cc2)n1CCCc1ccccc1. The summed E-state index contributed by atoms with van der Waals surface area (Å²) < 4.78 is 15.3. The van der Waals surface area contributed by atoms with Crippen molar-refractivity contribution >= 4 is 0 Å². The molecule has 2 nitrogen and oxygen atoms in total. The molecule has 0 atom stereocenters. The van der Waals surface area contributed by atoms with Crippen molar-refractivity contribution in [2.45, 2.75) is 39.2 Å². The second-order valence-corrected chi connectivity index (χ2v) is 6.18. The Morgan fingerprint density at radius 3 is 2.33 bits per heavy atom. The molecule has 1 aromatic heterocycles. The Labute approximate surface area is 143 Å². The molecule has 0 aliphatic rings. The molecule has 1 heterocycles. The van der Waals surface area contributed by atoms with Crippen molar-refractivity contribution in [1.82, 2.24) is 9.55 Å². The number of rotatable bonds is 7. The maximum Gasteiger partial charge on any atom is 0.123 e. The topological polar surface area (TPSA) is 17.8 Å². The van der Waals surface area contributed by atoms with E-state index in [0.29, 0.717) is 0 Å². The Morgan fingerprint density at radius 2 is 1.58 bits per heavy atom. The first kappa shape index (κ1) is 16.4. The predicted molar refractivity (Wildman–Crippen MR) is 95.5 cm³/mol. The van der Waals surface area contributed by atoms with E-state index in [1.165, 1.54) is 23.4 Å². The van der Waals surface area contributed by atoms with E-state index in [0.717, 1.165) is 43.6 Å². The van der Waals surface area contributed by atoms with Crippen LogP contribution in [0.5, 0.6) is 0 Å². The minimum absolute atomic E-state index is 0.183. The molecule has 2 aromatic carbocycles. The third-order valence-corrected chi connectivity index (χ3v) is 4.38. The summed E-state index contributed by atoms with van der Waals surface area (Å²) in [6.45, 7) is 3.09. The summed E-state index contributed by atoms with van der Waals surface area (Å²) in [6, 6.07) is 17.3. The molecule has 0 fully saturated rings. The van der Waals surface area contributed by atoms with E-state index in [2.05, 4.69) is 46.8 Å². The van der Waals surface area contributed by atoms with Gasteiger partial charge in [-0.15, -0.1) is 0 Å². The van der Waals surface area contributed by atoms with Crippen LogP contribution in [0.1, 0.15) is 29.1 Å². The van der Waals surface area contributed by atoms with Crippen LogP contribution >= 0.6 is 0 Å². The van der Waals surface area contributed by atoms with Crippen LogP contribution in [0.4, 0.5) is 4.39 Å². The molecular formula is C21H23FN2. The Hall–Kier alpha value is -2.42. The Bertz CT molecular complexity index is 760.